The van der Waals surface area contributed by atoms with Gasteiger partial charge in [-0.15, -0.1) is 0 Å². The highest BCUT2D eigenvalue weighted by Gasteiger charge is 2.27. The number of rotatable bonds is 8. The SMILES string of the molecule is COC(=O)[C@H](Cc1ccccc1)NC(=O)c1c(C)n(CCN2CCOCC2)c2c(C)cccc12. The van der Waals surface area contributed by atoms with E-state index >= 15 is 0 Å². The van der Waals surface area contributed by atoms with Gasteiger partial charge in [0.2, 0.25) is 0 Å². The highest BCUT2D eigenvalue weighted by molar-refractivity contribution is 6.10. The number of nitrogens with one attached hydrogen (secondary N) is 1. The van der Waals surface area contributed by atoms with E-state index < -0.39 is 12.0 Å². The van der Waals surface area contributed by atoms with Crippen molar-refractivity contribution in [3.05, 3.63) is 70.9 Å². The maximum absolute atomic E-state index is 13.6. The second kappa shape index (κ2) is 10.8. The van der Waals surface area contributed by atoms with E-state index in [0.717, 1.165) is 67.1 Å². The Morgan fingerprint density at radius 1 is 1.03 bits per heavy atom. The molecular formula is C27H33N3O4. The summed E-state index contributed by atoms with van der Waals surface area (Å²) in [6.45, 7) is 9.09. The molecule has 180 valence electrons. The number of benzene rings is 2. The molecule has 0 aliphatic carbocycles. The van der Waals surface area contributed by atoms with Gasteiger partial charge in [-0.3, -0.25) is 9.69 Å². The number of nitrogens with zero attached hydrogens (tertiary/aromatic N) is 2. The Kier molecular flexibility index (Phi) is 7.65. The number of morpholine rings is 1. The summed E-state index contributed by atoms with van der Waals surface area (Å²) in [6, 6.07) is 14.9. The molecule has 4 rings (SSSR count). The highest BCUT2D eigenvalue weighted by Crippen LogP contribution is 2.29. The van der Waals surface area contributed by atoms with Crippen LogP contribution < -0.4 is 5.32 Å². The van der Waals surface area contributed by atoms with Crippen LogP contribution in [0.2, 0.25) is 0 Å². The molecule has 0 radical (unpaired) electrons. The molecule has 34 heavy (non-hydrogen) atoms. The average molecular weight is 464 g/mol. The Morgan fingerprint density at radius 2 is 1.76 bits per heavy atom. The summed E-state index contributed by atoms with van der Waals surface area (Å²) < 4.78 is 12.7. The van der Waals surface area contributed by atoms with Gasteiger partial charge in [0, 0.05) is 43.7 Å². The molecule has 2 heterocycles. The molecule has 0 spiro atoms. The van der Waals surface area contributed by atoms with E-state index in [4.69, 9.17) is 9.47 Å². The fourth-order valence-electron chi connectivity index (χ4n) is 4.76. The van der Waals surface area contributed by atoms with Crippen LogP contribution in [0.3, 0.4) is 0 Å². The minimum Gasteiger partial charge on any atom is -0.467 e. The van der Waals surface area contributed by atoms with Gasteiger partial charge in [-0.1, -0.05) is 48.5 Å². The highest BCUT2D eigenvalue weighted by atomic mass is 16.5. The first-order valence-electron chi connectivity index (χ1n) is 11.8. The number of esters is 1. The number of aryl methyl sites for hydroxylation is 1. The van der Waals surface area contributed by atoms with E-state index in [2.05, 4.69) is 27.8 Å². The maximum atomic E-state index is 13.6. The minimum absolute atomic E-state index is 0.260. The van der Waals surface area contributed by atoms with E-state index in [0.29, 0.717) is 12.0 Å². The Hall–Kier alpha value is -3.16. The zero-order chi connectivity index (χ0) is 24.1. The van der Waals surface area contributed by atoms with Crippen molar-refractivity contribution >= 4 is 22.8 Å². The number of hydrogen-bond acceptors (Lipinski definition) is 5. The molecule has 2 aromatic carbocycles. The van der Waals surface area contributed by atoms with Gasteiger partial charge in [0.05, 0.1) is 31.4 Å². The Morgan fingerprint density at radius 3 is 2.47 bits per heavy atom. The average Bonchev–Trinajstić information content (AvgIpc) is 3.15. The molecule has 1 aliphatic rings. The summed E-state index contributed by atoms with van der Waals surface area (Å²) in [5.74, 6) is -0.716. The molecule has 1 fully saturated rings. The van der Waals surface area contributed by atoms with Crippen molar-refractivity contribution in [2.45, 2.75) is 32.9 Å². The number of para-hydroxylation sites is 1. The van der Waals surface area contributed by atoms with Crippen LogP contribution in [-0.4, -0.2) is 67.3 Å². The third-order valence-electron chi connectivity index (χ3n) is 6.59. The van der Waals surface area contributed by atoms with E-state index in [1.165, 1.54) is 7.11 Å². The summed E-state index contributed by atoms with van der Waals surface area (Å²) in [4.78, 5) is 28.5. The van der Waals surface area contributed by atoms with E-state index in [1.807, 2.05) is 49.4 Å². The number of methoxy groups -OCH3 is 1. The predicted molar refractivity (Wildman–Crippen MR) is 132 cm³/mol. The number of fused-ring (bicyclic) bond motifs is 1. The molecule has 0 unspecified atom stereocenters. The van der Waals surface area contributed by atoms with Crippen molar-refractivity contribution in [2.75, 3.05) is 40.0 Å². The molecule has 1 atom stereocenters. The second-order valence-electron chi connectivity index (χ2n) is 8.78. The molecule has 1 amide bonds. The van der Waals surface area contributed by atoms with Crippen LogP contribution in [0.5, 0.6) is 0 Å². The normalized spacial score (nSPS) is 15.3. The molecule has 0 bridgehead atoms. The first-order chi connectivity index (χ1) is 16.5. The first-order valence-corrected chi connectivity index (χ1v) is 11.8. The van der Waals surface area contributed by atoms with Gasteiger partial charge >= 0.3 is 5.97 Å². The Bertz CT molecular complexity index is 1150. The number of carbonyl (C=O) groups excluding carboxylic acids is 2. The van der Waals surface area contributed by atoms with Crippen LogP contribution in [0.25, 0.3) is 10.9 Å². The van der Waals surface area contributed by atoms with Crippen LogP contribution in [0, 0.1) is 13.8 Å². The lowest BCUT2D eigenvalue weighted by atomic mass is 10.0. The van der Waals surface area contributed by atoms with Crippen molar-refractivity contribution in [3.63, 3.8) is 0 Å². The van der Waals surface area contributed by atoms with Crippen LogP contribution >= 0.6 is 0 Å². The molecule has 0 saturated carbocycles. The van der Waals surface area contributed by atoms with Crippen LogP contribution in [0.4, 0.5) is 0 Å². The summed E-state index contributed by atoms with van der Waals surface area (Å²) in [5, 5.41) is 3.85. The topological polar surface area (TPSA) is 72.8 Å². The van der Waals surface area contributed by atoms with Crippen LogP contribution in [-0.2, 0) is 27.2 Å². The lowest BCUT2D eigenvalue weighted by Gasteiger charge is -2.27. The number of amides is 1. The van der Waals surface area contributed by atoms with Gasteiger partial charge in [0.15, 0.2) is 0 Å². The molecule has 7 heteroatoms. The maximum Gasteiger partial charge on any atom is 0.328 e. The summed E-state index contributed by atoms with van der Waals surface area (Å²) >= 11 is 0. The number of carbonyl (C=O) groups is 2. The minimum atomic E-state index is -0.768. The molecule has 1 saturated heterocycles. The van der Waals surface area contributed by atoms with Gasteiger partial charge in [0.25, 0.3) is 5.91 Å². The summed E-state index contributed by atoms with van der Waals surface area (Å²) in [7, 11) is 1.35. The smallest absolute Gasteiger partial charge is 0.328 e. The quantitative estimate of drug-likeness (QED) is 0.520. The number of ether oxygens (including phenoxy) is 2. The lowest BCUT2D eigenvalue weighted by molar-refractivity contribution is -0.142. The molecule has 1 N–H and O–H groups in total. The fourth-order valence-corrected chi connectivity index (χ4v) is 4.76. The van der Waals surface area contributed by atoms with Crippen molar-refractivity contribution in [1.29, 1.82) is 0 Å². The van der Waals surface area contributed by atoms with Crippen molar-refractivity contribution < 1.29 is 19.1 Å². The molecule has 1 aromatic heterocycles. The van der Waals surface area contributed by atoms with Crippen molar-refractivity contribution in [2.24, 2.45) is 0 Å². The summed E-state index contributed by atoms with van der Waals surface area (Å²) in [5.41, 5.74) is 4.66. The fraction of sp³-hybridized carbons (Fsp3) is 0.407. The van der Waals surface area contributed by atoms with E-state index in [-0.39, 0.29) is 5.91 Å². The third-order valence-corrected chi connectivity index (χ3v) is 6.59. The monoisotopic (exact) mass is 463 g/mol. The van der Waals surface area contributed by atoms with Gasteiger partial charge in [-0.25, -0.2) is 4.79 Å². The third kappa shape index (κ3) is 5.16. The van der Waals surface area contributed by atoms with Gasteiger partial charge in [0.1, 0.15) is 6.04 Å². The predicted octanol–water partition coefficient (Wildman–Crippen LogP) is 3.10. The van der Waals surface area contributed by atoms with E-state index in [1.54, 1.807) is 0 Å². The molecule has 7 nitrogen and oxygen atoms in total. The molecule has 1 aliphatic heterocycles. The van der Waals surface area contributed by atoms with Crippen molar-refractivity contribution in [1.82, 2.24) is 14.8 Å². The number of aromatic nitrogens is 1. The molecule has 3 aromatic rings. The van der Waals surface area contributed by atoms with Crippen LogP contribution in [0.15, 0.2) is 48.5 Å². The zero-order valence-corrected chi connectivity index (χ0v) is 20.2. The molecular weight excluding hydrogens is 430 g/mol. The van der Waals surface area contributed by atoms with Gasteiger partial charge in [-0.2, -0.15) is 0 Å². The number of hydrogen-bond donors (Lipinski definition) is 1. The summed E-state index contributed by atoms with van der Waals surface area (Å²) in [6.07, 6.45) is 0.368. The lowest BCUT2D eigenvalue weighted by Crippen LogP contribution is -2.43. The van der Waals surface area contributed by atoms with Gasteiger partial charge < -0.3 is 19.4 Å². The Labute approximate surface area is 200 Å². The largest absolute Gasteiger partial charge is 0.467 e. The standard InChI is InChI=1S/C27H33N3O4/c1-19-8-7-11-22-24(20(2)30(25(19)22)13-12-29-14-16-34-17-15-29)26(31)28-23(27(32)33-3)18-21-9-5-4-6-10-21/h4-11,23H,12-18H2,1-3H3,(H,28,31)/t23-/m0/s1. The second-order valence-corrected chi connectivity index (χ2v) is 8.78. The Balaban J connectivity index is 1.63. The first kappa shape index (κ1) is 24.0. The van der Waals surface area contributed by atoms with Crippen molar-refractivity contribution in [3.8, 4) is 0 Å². The zero-order valence-electron chi connectivity index (χ0n) is 20.2. The van der Waals surface area contributed by atoms with E-state index in [9.17, 15) is 9.59 Å². The van der Waals surface area contributed by atoms with Gasteiger partial charge in [-0.05, 0) is 25.0 Å². The van der Waals surface area contributed by atoms with Crippen LogP contribution in [0.1, 0.15) is 27.2 Å².